The van der Waals surface area contributed by atoms with E-state index in [1.54, 1.807) is 18.2 Å². The van der Waals surface area contributed by atoms with Crippen molar-refractivity contribution >= 4 is 17.5 Å². The van der Waals surface area contributed by atoms with E-state index in [4.69, 9.17) is 9.47 Å². The topological polar surface area (TPSA) is 55.8 Å². The summed E-state index contributed by atoms with van der Waals surface area (Å²) in [5, 5.41) is 9.96. The van der Waals surface area contributed by atoms with Crippen molar-refractivity contribution in [1.29, 1.82) is 0 Å². The molecule has 2 aromatic carbocycles. The molecule has 0 radical (unpaired) electrons. The second-order valence-corrected chi connectivity index (χ2v) is 5.27. The summed E-state index contributed by atoms with van der Waals surface area (Å²) in [4.78, 5) is 12.6. The molecule has 0 aromatic heterocycles. The Bertz CT molecular complexity index is 626. The van der Waals surface area contributed by atoms with Gasteiger partial charge in [-0.2, -0.15) is 0 Å². The maximum atomic E-state index is 12.0. The lowest BCUT2D eigenvalue weighted by molar-refractivity contribution is 0.102. The van der Waals surface area contributed by atoms with Crippen molar-refractivity contribution in [2.75, 3.05) is 20.0 Å². The van der Waals surface area contributed by atoms with Gasteiger partial charge in [0.1, 0.15) is 5.75 Å². The summed E-state index contributed by atoms with van der Waals surface area (Å²) >= 11 is 1.26. The molecule has 110 valence electrons. The molecular weight excluding hydrogens is 288 g/mol. The first-order chi connectivity index (χ1) is 10.2. The molecule has 0 bridgehead atoms. The van der Waals surface area contributed by atoms with Crippen LogP contribution in [0.3, 0.4) is 0 Å². The first-order valence-corrected chi connectivity index (χ1v) is 7.30. The second-order valence-electron chi connectivity index (χ2n) is 4.25. The van der Waals surface area contributed by atoms with E-state index < -0.39 is 0 Å². The van der Waals surface area contributed by atoms with E-state index in [0.29, 0.717) is 22.0 Å². The van der Waals surface area contributed by atoms with E-state index in [9.17, 15) is 9.90 Å². The molecule has 21 heavy (non-hydrogen) atoms. The number of aromatic hydroxyl groups is 1. The maximum Gasteiger partial charge on any atom is 0.173 e. The summed E-state index contributed by atoms with van der Waals surface area (Å²) in [5.74, 6) is 1.29. The van der Waals surface area contributed by atoms with Gasteiger partial charge in [-0.05, 0) is 0 Å². The Labute approximate surface area is 127 Å². The molecular formula is C16H16O4S. The third kappa shape index (κ3) is 3.70. The number of phenolic OH excluding ortho intramolecular Hbond substituents is 1. The van der Waals surface area contributed by atoms with Gasteiger partial charge in [0.25, 0.3) is 0 Å². The molecule has 0 saturated heterocycles. The SMILES string of the molecule is COc1cc(O)c(SCC(=O)c2ccccc2)cc1OC. The molecule has 0 fully saturated rings. The third-order valence-corrected chi connectivity index (χ3v) is 3.96. The van der Waals surface area contributed by atoms with Crippen LogP contribution < -0.4 is 9.47 Å². The quantitative estimate of drug-likeness (QED) is 0.655. The highest BCUT2D eigenvalue weighted by molar-refractivity contribution is 8.00. The van der Waals surface area contributed by atoms with Crippen molar-refractivity contribution in [2.24, 2.45) is 0 Å². The largest absolute Gasteiger partial charge is 0.507 e. The van der Waals surface area contributed by atoms with E-state index in [0.717, 1.165) is 0 Å². The van der Waals surface area contributed by atoms with Gasteiger partial charge in [0, 0.05) is 17.7 Å². The van der Waals surface area contributed by atoms with Crippen LogP contribution in [0.25, 0.3) is 0 Å². The minimum Gasteiger partial charge on any atom is -0.507 e. The number of rotatable bonds is 6. The zero-order valence-electron chi connectivity index (χ0n) is 11.8. The minimum atomic E-state index is 0.00906. The van der Waals surface area contributed by atoms with E-state index in [1.165, 1.54) is 32.0 Å². The highest BCUT2D eigenvalue weighted by Crippen LogP contribution is 2.39. The molecule has 0 aliphatic carbocycles. The van der Waals surface area contributed by atoms with Gasteiger partial charge in [-0.3, -0.25) is 4.79 Å². The number of benzene rings is 2. The van der Waals surface area contributed by atoms with Crippen LogP contribution in [-0.2, 0) is 0 Å². The molecule has 0 heterocycles. The summed E-state index contributed by atoms with van der Waals surface area (Å²) in [5.41, 5.74) is 0.657. The van der Waals surface area contributed by atoms with Crippen molar-refractivity contribution < 1.29 is 19.4 Å². The van der Waals surface area contributed by atoms with Crippen LogP contribution in [0.4, 0.5) is 0 Å². The number of ether oxygens (including phenoxy) is 2. The Balaban J connectivity index is 2.11. The summed E-state index contributed by atoms with van der Waals surface area (Å²) in [6.45, 7) is 0. The Hall–Kier alpha value is -2.14. The molecule has 5 heteroatoms. The van der Waals surface area contributed by atoms with Crippen LogP contribution in [0.1, 0.15) is 10.4 Å². The number of Topliss-reactive ketones (excluding diaryl/α,β-unsaturated/α-hetero) is 1. The summed E-state index contributed by atoms with van der Waals surface area (Å²) in [6.07, 6.45) is 0. The molecule has 0 amide bonds. The van der Waals surface area contributed by atoms with Gasteiger partial charge in [-0.25, -0.2) is 0 Å². The van der Waals surface area contributed by atoms with Gasteiger partial charge in [0.15, 0.2) is 17.3 Å². The normalized spacial score (nSPS) is 10.2. The standard InChI is InChI=1S/C16H16O4S/c1-19-14-8-12(17)16(9-15(14)20-2)21-10-13(18)11-6-4-3-5-7-11/h3-9,17H,10H2,1-2H3. The van der Waals surface area contributed by atoms with Gasteiger partial charge in [0.2, 0.25) is 0 Å². The Morgan fingerprint density at radius 2 is 1.71 bits per heavy atom. The average Bonchev–Trinajstić information content (AvgIpc) is 2.53. The first-order valence-electron chi connectivity index (χ1n) is 6.31. The fraction of sp³-hybridized carbons (Fsp3) is 0.188. The number of hydrogen-bond donors (Lipinski definition) is 1. The van der Waals surface area contributed by atoms with Gasteiger partial charge >= 0.3 is 0 Å². The smallest absolute Gasteiger partial charge is 0.173 e. The number of ketones is 1. The number of methoxy groups -OCH3 is 2. The predicted molar refractivity (Wildman–Crippen MR) is 82.7 cm³/mol. The van der Waals surface area contributed by atoms with Crippen LogP contribution in [0.15, 0.2) is 47.4 Å². The zero-order chi connectivity index (χ0) is 15.2. The van der Waals surface area contributed by atoms with E-state index in [1.807, 2.05) is 18.2 Å². The fourth-order valence-corrected chi connectivity index (χ4v) is 2.67. The van der Waals surface area contributed by atoms with Crippen molar-refractivity contribution in [3.8, 4) is 17.2 Å². The number of carbonyl (C=O) groups is 1. The van der Waals surface area contributed by atoms with E-state index in [2.05, 4.69) is 0 Å². The molecule has 0 spiro atoms. The lowest BCUT2D eigenvalue weighted by atomic mass is 10.2. The molecule has 0 unspecified atom stereocenters. The second kappa shape index (κ2) is 7.04. The average molecular weight is 304 g/mol. The summed E-state index contributed by atoms with van der Waals surface area (Å²) in [7, 11) is 3.03. The van der Waals surface area contributed by atoms with Crippen molar-refractivity contribution in [2.45, 2.75) is 4.90 Å². The summed E-state index contributed by atoms with van der Waals surface area (Å²) < 4.78 is 10.3. The monoisotopic (exact) mass is 304 g/mol. The first kappa shape index (κ1) is 15.3. The molecule has 2 rings (SSSR count). The highest BCUT2D eigenvalue weighted by Gasteiger charge is 2.13. The third-order valence-electron chi connectivity index (χ3n) is 2.92. The molecule has 1 N–H and O–H groups in total. The van der Waals surface area contributed by atoms with Crippen LogP contribution >= 0.6 is 11.8 Å². The lowest BCUT2D eigenvalue weighted by Crippen LogP contribution is -2.01. The predicted octanol–water partition coefficient (Wildman–Crippen LogP) is 3.38. The summed E-state index contributed by atoms with van der Waals surface area (Å²) in [6, 6.07) is 12.2. The van der Waals surface area contributed by atoms with Crippen molar-refractivity contribution in [3.63, 3.8) is 0 Å². The minimum absolute atomic E-state index is 0.00906. The lowest BCUT2D eigenvalue weighted by Gasteiger charge is -2.11. The van der Waals surface area contributed by atoms with Gasteiger partial charge in [0.05, 0.1) is 24.9 Å². The number of hydrogen-bond acceptors (Lipinski definition) is 5. The van der Waals surface area contributed by atoms with Crippen molar-refractivity contribution in [1.82, 2.24) is 0 Å². The van der Waals surface area contributed by atoms with Gasteiger partial charge in [-0.15, -0.1) is 11.8 Å². The molecule has 4 nitrogen and oxygen atoms in total. The maximum absolute atomic E-state index is 12.0. The van der Waals surface area contributed by atoms with Gasteiger partial charge in [-0.1, -0.05) is 30.3 Å². The number of carbonyl (C=O) groups excluding carboxylic acids is 1. The zero-order valence-corrected chi connectivity index (χ0v) is 12.6. The Morgan fingerprint density at radius 3 is 2.33 bits per heavy atom. The number of phenols is 1. The molecule has 0 aliphatic heterocycles. The van der Waals surface area contributed by atoms with Crippen LogP contribution in [-0.4, -0.2) is 30.9 Å². The molecule has 0 aliphatic rings. The molecule has 2 aromatic rings. The van der Waals surface area contributed by atoms with Crippen molar-refractivity contribution in [3.05, 3.63) is 48.0 Å². The van der Waals surface area contributed by atoms with Gasteiger partial charge < -0.3 is 14.6 Å². The van der Waals surface area contributed by atoms with E-state index in [-0.39, 0.29) is 17.3 Å². The Morgan fingerprint density at radius 1 is 1.10 bits per heavy atom. The highest BCUT2D eigenvalue weighted by atomic mass is 32.2. The van der Waals surface area contributed by atoms with E-state index >= 15 is 0 Å². The van der Waals surface area contributed by atoms with Crippen LogP contribution in [0.5, 0.6) is 17.2 Å². The fourth-order valence-electron chi connectivity index (χ4n) is 1.82. The van der Waals surface area contributed by atoms with Crippen LogP contribution in [0.2, 0.25) is 0 Å². The molecule has 0 atom stereocenters. The van der Waals surface area contributed by atoms with Crippen LogP contribution in [0, 0.1) is 0 Å². The number of thioether (sulfide) groups is 1. The molecule has 0 saturated carbocycles. The Kier molecular flexibility index (Phi) is 5.11.